The number of ether oxygens (including phenoxy) is 1. The van der Waals surface area contributed by atoms with Crippen molar-refractivity contribution in [3.63, 3.8) is 0 Å². The summed E-state index contributed by atoms with van der Waals surface area (Å²) < 4.78 is 5.52. The first-order valence-electron chi connectivity index (χ1n) is 5.40. The molecule has 88 valence electrons. The van der Waals surface area contributed by atoms with Gasteiger partial charge in [0, 0.05) is 29.8 Å². The third-order valence-corrected chi connectivity index (χ3v) is 3.54. The SMILES string of the molecule is Oc1ccc2c(c1)OCC2NCc1nccs1. The number of nitrogens with one attached hydrogen (secondary N) is 1. The van der Waals surface area contributed by atoms with Crippen molar-refractivity contribution in [1.82, 2.24) is 10.3 Å². The lowest BCUT2D eigenvalue weighted by Crippen LogP contribution is -2.21. The molecule has 0 saturated heterocycles. The highest BCUT2D eigenvalue weighted by Gasteiger charge is 2.23. The predicted molar refractivity (Wildman–Crippen MR) is 65.3 cm³/mol. The van der Waals surface area contributed by atoms with Gasteiger partial charge >= 0.3 is 0 Å². The molecule has 2 N–H and O–H groups in total. The molecule has 0 aliphatic carbocycles. The summed E-state index contributed by atoms with van der Waals surface area (Å²) in [4.78, 5) is 4.22. The molecule has 17 heavy (non-hydrogen) atoms. The summed E-state index contributed by atoms with van der Waals surface area (Å²) in [6.45, 7) is 1.34. The van der Waals surface area contributed by atoms with E-state index in [1.807, 2.05) is 11.4 Å². The Labute approximate surface area is 103 Å². The Bertz CT molecular complexity index is 513. The van der Waals surface area contributed by atoms with Crippen LogP contribution in [0.1, 0.15) is 16.6 Å². The number of hydrogen-bond donors (Lipinski definition) is 2. The minimum atomic E-state index is 0.175. The molecule has 1 aliphatic heterocycles. The second-order valence-corrected chi connectivity index (χ2v) is 4.87. The lowest BCUT2D eigenvalue weighted by Gasteiger charge is -2.09. The fourth-order valence-corrected chi connectivity index (χ4v) is 2.49. The van der Waals surface area contributed by atoms with Gasteiger partial charge in [-0.25, -0.2) is 4.98 Å². The average molecular weight is 248 g/mol. The van der Waals surface area contributed by atoms with E-state index >= 15 is 0 Å². The van der Waals surface area contributed by atoms with Gasteiger partial charge in [-0.05, 0) is 12.1 Å². The molecule has 2 heterocycles. The second kappa shape index (κ2) is 4.35. The van der Waals surface area contributed by atoms with E-state index in [0.29, 0.717) is 6.61 Å². The number of phenols is 1. The molecule has 0 saturated carbocycles. The Kier molecular flexibility index (Phi) is 2.70. The van der Waals surface area contributed by atoms with E-state index in [9.17, 15) is 5.11 Å². The fraction of sp³-hybridized carbons (Fsp3) is 0.250. The molecule has 4 nitrogen and oxygen atoms in total. The van der Waals surface area contributed by atoms with Crippen LogP contribution in [0, 0.1) is 0 Å². The summed E-state index contributed by atoms with van der Waals surface area (Å²) in [5, 5.41) is 15.8. The maximum Gasteiger partial charge on any atom is 0.127 e. The summed E-state index contributed by atoms with van der Waals surface area (Å²) in [5.41, 5.74) is 1.10. The first-order chi connectivity index (χ1) is 8.33. The zero-order valence-electron chi connectivity index (χ0n) is 9.09. The van der Waals surface area contributed by atoms with Crippen LogP contribution in [0.3, 0.4) is 0 Å². The van der Waals surface area contributed by atoms with Gasteiger partial charge in [-0.1, -0.05) is 0 Å². The standard InChI is InChI=1S/C12H12N2O2S/c15-8-1-2-9-10(7-16-11(9)5-8)14-6-12-13-3-4-17-12/h1-5,10,14-15H,6-7H2. The minimum Gasteiger partial charge on any atom is -0.508 e. The Hall–Kier alpha value is -1.59. The van der Waals surface area contributed by atoms with Gasteiger partial charge in [-0.15, -0.1) is 11.3 Å². The number of nitrogens with zero attached hydrogens (tertiary/aromatic N) is 1. The quantitative estimate of drug-likeness (QED) is 0.873. The lowest BCUT2D eigenvalue weighted by molar-refractivity contribution is 0.309. The van der Waals surface area contributed by atoms with Crippen LogP contribution in [0.2, 0.25) is 0 Å². The van der Waals surface area contributed by atoms with Gasteiger partial charge in [-0.3, -0.25) is 0 Å². The summed E-state index contributed by atoms with van der Waals surface area (Å²) in [5.74, 6) is 1.01. The topological polar surface area (TPSA) is 54.4 Å². The Morgan fingerprint density at radius 2 is 2.47 bits per heavy atom. The van der Waals surface area contributed by atoms with Crippen LogP contribution in [0.15, 0.2) is 29.8 Å². The molecule has 0 bridgehead atoms. The van der Waals surface area contributed by atoms with Gasteiger partial charge in [-0.2, -0.15) is 0 Å². The van der Waals surface area contributed by atoms with Crippen molar-refractivity contribution in [2.24, 2.45) is 0 Å². The minimum absolute atomic E-state index is 0.175. The molecule has 0 radical (unpaired) electrons. The van der Waals surface area contributed by atoms with Crippen LogP contribution in [-0.2, 0) is 6.54 Å². The molecule has 0 fully saturated rings. The van der Waals surface area contributed by atoms with E-state index in [-0.39, 0.29) is 11.8 Å². The third kappa shape index (κ3) is 2.11. The Balaban J connectivity index is 1.71. The van der Waals surface area contributed by atoms with E-state index < -0.39 is 0 Å². The van der Waals surface area contributed by atoms with Crippen molar-refractivity contribution in [3.8, 4) is 11.5 Å². The van der Waals surface area contributed by atoms with Crippen LogP contribution in [0.25, 0.3) is 0 Å². The number of benzene rings is 1. The largest absolute Gasteiger partial charge is 0.508 e. The Morgan fingerprint density at radius 3 is 3.29 bits per heavy atom. The number of aromatic hydroxyl groups is 1. The normalized spacial score (nSPS) is 17.8. The molecule has 2 aromatic rings. The van der Waals surface area contributed by atoms with Gasteiger partial charge in [0.05, 0.1) is 6.04 Å². The molecule has 0 amide bonds. The van der Waals surface area contributed by atoms with E-state index in [4.69, 9.17) is 4.74 Å². The number of aromatic nitrogens is 1. The van der Waals surface area contributed by atoms with Crippen molar-refractivity contribution < 1.29 is 9.84 Å². The van der Waals surface area contributed by atoms with Crippen molar-refractivity contribution in [2.45, 2.75) is 12.6 Å². The van der Waals surface area contributed by atoms with Crippen molar-refractivity contribution in [1.29, 1.82) is 0 Å². The monoisotopic (exact) mass is 248 g/mol. The van der Waals surface area contributed by atoms with Gasteiger partial charge < -0.3 is 15.2 Å². The molecule has 1 unspecified atom stereocenters. The predicted octanol–water partition coefficient (Wildman–Crippen LogP) is 2.07. The van der Waals surface area contributed by atoms with Crippen LogP contribution in [0.5, 0.6) is 11.5 Å². The summed E-state index contributed by atoms with van der Waals surface area (Å²) in [7, 11) is 0. The van der Waals surface area contributed by atoms with E-state index in [0.717, 1.165) is 22.9 Å². The second-order valence-electron chi connectivity index (χ2n) is 3.89. The lowest BCUT2D eigenvalue weighted by atomic mass is 10.1. The van der Waals surface area contributed by atoms with Gasteiger partial charge in [0.25, 0.3) is 0 Å². The van der Waals surface area contributed by atoms with E-state index in [1.54, 1.807) is 29.7 Å². The van der Waals surface area contributed by atoms with Gasteiger partial charge in [0.1, 0.15) is 23.1 Å². The number of hydrogen-bond acceptors (Lipinski definition) is 5. The number of rotatable bonds is 3. The number of phenolic OH excluding ortho intramolecular Hbond substituents is 1. The van der Waals surface area contributed by atoms with Crippen molar-refractivity contribution >= 4 is 11.3 Å². The highest BCUT2D eigenvalue weighted by molar-refractivity contribution is 7.09. The highest BCUT2D eigenvalue weighted by atomic mass is 32.1. The van der Waals surface area contributed by atoms with Crippen LogP contribution < -0.4 is 10.1 Å². The average Bonchev–Trinajstić information content (AvgIpc) is 2.94. The van der Waals surface area contributed by atoms with Crippen LogP contribution in [0.4, 0.5) is 0 Å². The molecule has 1 aliphatic rings. The first kappa shape index (κ1) is 10.6. The molecule has 0 spiro atoms. The van der Waals surface area contributed by atoms with E-state index in [2.05, 4.69) is 10.3 Å². The first-order valence-corrected chi connectivity index (χ1v) is 6.28. The van der Waals surface area contributed by atoms with Crippen molar-refractivity contribution in [2.75, 3.05) is 6.61 Å². The third-order valence-electron chi connectivity index (χ3n) is 2.76. The number of fused-ring (bicyclic) bond motifs is 1. The van der Waals surface area contributed by atoms with Gasteiger partial charge in [0.15, 0.2) is 0 Å². The molecule has 1 atom stereocenters. The summed E-state index contributed by atoms with van der Waals surface area (Å²) in [6, 6.07) is 5.41. The molecule has 1 aromatic carbocycles. The van der Waals surface area contributed by atoms with E-state index in [1.165, 1.54) is 0 Å². The maximum absolute atomic E-state index is 9.35. The maximum atomic E-state index is 9.35. The molecular formula is C12H12N2O2S. The smallest absolute Gasteiger partial charge is 0.127 e. The van der Waals surface area contributed by atoms with Gasteiger partial charge in [0.2, 0.25) is 0 Å². The molecule has 3 rings (SSSR count). The number of thiazole rings is 1. The zero-order valence-corrected chi connectivity index (χ0v) is 9.91. The van der Waals surface area contributed by atoms with Crippen LogP contribution in [-0.4, -0.2) is 16.7 Å². The highest BCUT2D eigenvalue weighted by Crippen LogP contribution is 2.34. The fourth-order valence-electron chi connectivity index (χ4n) is 1.92. The molecule has 1 aromatic heterocycles. The summed E-state index contributed by atoms with van der Waals surface area (Å²) >= 11 is 1.64. The van der Waals surface area contributed by atoms with Crippen molar-refractivity contribution in [3.05, 3.63) is 40.3 Å². The Morgan fingerprint density at radius 1 is 1.53 bits per heavy atom. The summed E-state index contributed by atoms with van der Waals surface area (Å²) in [6.07, 6.45) is 1.80. The molecular weight excluding hydrogens is 236 g/mol. The zero-order chi connectivity index (χ0) is 11.7. The van der Waals surface area contributed by atoms with Crippen LogP contribution >= 0.6 is 11.3 Å². The molecule has 5 heteroatoms.